The van der Waals surface area contributed by atoms with E-state index in [1.165, 1.54) is 6.07 Å². The lowest BCUT2D eigenvalue weighted by atomic mass is 9.96. The molecule has 1 fully saturated rings. The van der Waals surface area contributed by atoms with E-state index in [1.54, 1.807) is 12.1 Å². The minimum Gasteiger partial charge on any atom is -0.356 e. The van der Waals surface area contributed by atoms with Gasteiger partial charge in [-0.3, -0.25) is 9.69 Å². The Hall–Kier alpha value is -1.42. The number of likely N-dealkylation sites (tertiary alicyclic amines) is 1. The van der Waals surface area contributed by atoms with Crippen LogP contribution in [0.3, 0.4) is 0 Å². The van der Waals surface area contributed by atoms with Crippen molar-refractivity contribution in [2.75, 3.05) is 19.6 Å². The molecule has 1 unspecified atom stereocenters. The maximum Gasteiger partial charge on any atom is 0.224 e. The van der Waals surface area contributed by atoms with Crippen LogP contribution in [0.1, 0.15) is 31.7 Å². The van der Waals surface area contributed by atoms with E-state index in [1.807, 2.05) is 6.07 Å². The molecule has 1 heterocycles. The summed E-state index contributed by atoms with van der Waals surface area (Å²) in [7, 11) is 0. The van der Waals surface area contributed by atoms with Crippen molar-refractivity contribution in [1.29, 1.82) is 0 Å². The largest absolute Gasteiger partial charge is 0.356 e. The molecule has 3 nitrogen and oxygen atoms in total. The van der Waals surface area contributed by atoms with Gasteiger partial charge in [0, 0.05) is 19.6 Å². The summed E-state index contributed by atoms with van der Waals surface area (Å²) in [6, 6.07) is 6.70. The molecule has 0 aliphatic carbocycles. The van der Waals surface area contributed by atoms with Crippen LogP contribution >= 0.6 is 0 Å². The molecule has 1 saturated heterocycles. The number of nitrogens with one attached hydrogen (secondary N) is 1. The van der Waals surface area contributed by atoms with Crippen LogP contribution in [0.2, 0.25) is 0 Å². The molecule has 1 amide bonds. The van der Waals surface area contributed by atoms with E-state index in [0.29, 0.717) is 0 Å². The number of rotatable bonds is 5. The van der Waals surface area contributed by atoms with Crippen molar-refractivity contribution in [1.82, 2.24) is 10.2 Å². The first kappa shape index (κ1) is 15.0. The second-order valence-corrected chi connectivity index (χ2v) is 5.50. The summed E-state index contributed by atoms with van der Waals surface area (Å²) in [6.07, 6.45) is 2.94. The average molecular weight is 278 g/mol. The van der Waals surface area contributed by atoms with Gasteiger partial charge in [0.25, 0.3) is 0 Å². The third-order valence-electron chi connectivity index (χ3n) is 3.72. The second-order valence-electron chi connectivity index (χ2n) is 5.50. The molecular weight excluding hydrogens is 255 g/mol. The van der Waals surface area contributed by atoms with Crippen LogP contribution in [0.15, 0.2) is 24.3 Å². The molecule has 1 aromatic carbocycles. The number of hydrogen-bond donors (Lipinski definition) is 1. The summed E-state index contributed by atoms with van der Waals surface area (Å²) in [6.45, 7) is 5.27. The van der Waals surface area contributed by atoms with E-state index in [2.05, 4.69) is 17.1 Å². The SMILES string of the molecule is CCCNC(=O)C1CCCN(Cc2cccc(F)c2)C1. The Morgan fingerprint density at radius 1 is 1.50 bits per heavy atom. The highest BCUT2D eigenvalue weighted by molar-refractivity contribution is 5.78. The first-order valence-corrected chi connectivity index (χ1v) is 7.43. The summed E-state index contributed by atoms with van der Waals surface area (Å²) < 4.78 is 13.2. The van der Waals surface area contributed by atoms with Crippen molar-refractivity contribution < 1.29 is 9.18 Å². The summed E-state index contributed by atoms with van der Waals surface area (Å²) in [4.78, 5) is 14.3. The summed E-state index contributed by atoms with van der Waals surface area (Å²) in [5.41, 5.74) is 0.972. The van der Waals surface area contributed by atoms with Crippen LogP contribution in [0.5, 0.6) is 0 Å². The molecular formula is C16H23FN2O. The molecule has 0 spiro atoms. The molecule has 0 saturated carbocycles. The van der Waals surface area contributed by atoms with E-state index in [0.717, 1.165) is 51.0 Å². The average Bonchev–Trinajstić information content (AvgIpc) is 2.45. The minimum atomic E-state index is -0.197. The second kappa shape index (κ2) is 7.39. The Morgan fingerprint density at radius 3 is 3.10 bits per heavy atom. The standard InChI is InChI=1S/C16H23FN2O/c1-2-8-18-16(20)14-6-4-9-19(12-14)11-13-5-3-7-15(17)10-13/h3,5,7,10,14H,2,4,6,8-9,11-12H2,1H3,(H,18,20). The van der Waals surface area contributed by atoms with E-state index in [9.17, 15) is 9.18 Å². The first-order valence-electron chi connectivity index (χ1n) is 7.43. The third kappa shape index (κ3) is 4.30. The lowest BCUT2D eigenvalue weighted by molar-refractivity contribution is -0.126. The molecule has 4 heteroatoms. The van der Waals surface area contributed by atoms with Gasteiger partial charge < -0.3 is 5.32 Å². The molecule has 20 heavy (non-hydrogen) atoms. The lowest BCUT2D eigenvalue weighted by Gasteiger charge is -2.32. The van der Waals surface area contributed by atoms with Crippen LogP contribution in [-0.4, -0.2) is 30.4 Å². The molecule has 1 aromatic rings. The minimum absolute atomic E-state index is 0.0730. The predicted octanol–water partition coefficient (Wildman–Crippen LogP) is 2.56. The van der Waals surface area contributed by atoms with Gasteiger partial charge in [-0.2, -0.15) is 0 Å². The number of piperidine rings is 1. The number of carbonyl (C=O) groups is 1. The fourth-order valence-electron chi connectivity index (χ4n) is 2.70. The number of benzene rings is 1. The van der Waals surface area contributed by atoms with E-state index >= 15 is 0 Å². The normalized spacial score (nSPS) is 19.8. The van der Waals surface area contributed by atoms with E-state index < -0.39 is 0 Å². The van der Waals surface area contributed by atoms with Gasteiger partial charge in [-0.15, -0.1) is 0 Å². The van der Waals surface area contributed by atoms with Gasteiger partial charge in [0.2, 0.25) is 5.91 Å². The molecule has 1 atom stereocenters. The summed E-state index contributed by atoms with van der Waals surface area (Å²) in [5, 5.41) is 2.97. The van der Waals surface area contributed by atoms with Crippen LogP contribution < -0.4 is 5.32 Å². The summed E-state index contributed by atoms with van der Waals surface area (Å²) >= 11 is 0. The molecule has 1 aliphatic rings. The van der Waals surface area contributed by atoms with Gasteiger partial charge in [-0.1, -0.05) is 19.1 Å². The molecule has 0 aromatic heterocycles. The first-order chi connectivity index (χ1) is 9.69. The van der Waals surface area contributed by atoms with Crippen molar-refractivity contribution in [2.24, 2.45) is 5.92 Å². The monoisotopic (exact) mass is 278 g/mol. The Bertz CT molecular complexity index is 450. The van der Waals surface area contributed by atoms with Crippen molar-refractivity contribution >= 4 is 5.91 Å². The summed E-state index contributed by atoms with van der Waals surface area (Å²) in [5.74, 6) is 0.0383. The van der Waals surface area contributed by atoms with Crippen molar-refractivity contribution in [3.63, 3.8) is 0 Å². The Balaban J connectivity index is 1.88. The molecule has 0 radical (unpaired) electrons. The van der Waals surface area contributed by atoms with E-state index in [-0.39, 0.29) is 17.6 Å². The van der Waals surface area contributed by atoms with Crippen molar-refractivity contribution in [2.45, 2.75) is 32.7 Å². The fraction of sp³-hybridized carbons (Fsp3) is 0.562. The smallest absolute Gasteiger partial charge is 0.224 e. The zero-order chi connectivity index (χ0) is 14.4. The number of hydrogen-bond acceptors (Lipinski definition) is 2. The number of carbonyl (C=O) groups excluding carboxylic acids is 1. The van der Waals surface area contributed by atoms with Crippen LogP contribution in [0.25, 0.3) is 0 Å². The highest BCUT2D eigenvalue weighted by atomic mass is 19.1. The van der Waals surface area contributed by atoms with Crippen LogP contribution in [-0.2, 0) is 11.3 Å². The molecule has 0 bridgehead atoms. The van der Waals surface area contributed by atoms with Gasteiger partial charge in [-0.25, -0.2) is 4.39 Å². The maximum absolute atomic E-state index is 13.2. The van der Waals surface area contributed by atoms with Gasteiger partial charge in [0.05, 0.1) is 5.92 Å². The van der Waals surface area contributed by atoms with Gasteiger partial charge in [0.1, 0.15) is 5.82 Å². The topological polar surface area (TPSA) is 32.3 Å². The van der Waals surface area contributed by atoms with Gasteiger partial charge in [0.15, 0.2) is 0 Å². The molecule has 1 aliphatic heterocycles. The predicted molar refractivity (Wildman–Crippen MR) is 77.7 cm³/mol. The molecule has 1 N–H and O–H groups in total. The Labute approximate surface area is 120 Å². The Morgan fingerprint density at radius 2 is 2.35 bits per heavy atom. The zero-order valence-corrected chi connectivity index (χ0v) is 12.1. The molecule has 110 valence electrons. The van der Waals surface area contributed by atoms with Gasteiger partial charge >= 0.3 is 0 Å². The van der Waals surface area contributed by atoms with Crippen LogP contribution in [0.4, 0.5) is 4.39 Å². The highest BCUT2D eigenvalue weighted by Gasteiger charge is 2.25. The zero-order valence-electron chi connectivity index (χ0n) is 12.1. The maximum atomic E-state index is 13.2. The quantitative estimate of drug-likeness (QED) is 0.898. The fourth-order valence-corrected chi connectivity index (χ4v) is 2.70. The highest BCUT2D eigenvalue weighted by Crippen LogP contribution is 2.19. The van der Waals surface area contributed by atoms with Crippen LogP contribution in [0, 0.1) is 11.7 Å². The van der Waals surface area contributed by atoms with Gasteiger partial charge in [-0.05, 0) is 43.5 Å². The Kier molecular flexibility index (Phi) is 5.53. The molecule has 2 rings (SSSR count). The van der Waals surface area contributed by atoms with E-state index in [4.69, 9.17) is 0 Å². The third-order valence-corrected chi connectivity index (χ3v) is 3.72. The van der Waals surface area contributed by atoms with Crippen molar-refractivity contribution in [3.8, 4) is 0 Å². The number of nitrogens with zero attached hydrogens (tertiary/aromatic N) is 1. The lowest BCUT2D eigenvalue weighted by Crippen LogP contribution is -2.42. The number of halogens is 1. The number of amides is 1. The van der Waals surface area contributed by atoms with Crippen molar-refractivity contribution in [3.05, 3.63) is 35.6 Å².